The van der Waals surface area contributed by atoms with Crippen LogP contribution in [0.3, 0.4) is 0 Å². The van der Waals surface area contributed by atoms with Gasteiger partial charge in [-0.1, -0.05) is 41.5 Å². The fourth-order valence-electron chi connectivity index (χ4n) is 1.67. The van der Waals surface area contributed by atoms with Gasteiger partial charge in [-0.05, 0) is 38.5 Å². The van der Waals surface area contributed by atoms with E-state index < -0.39 is 24.7 Å². The van der Waals surface area contributed by atoms with Crippen molar-refractivity contribution >= 4 is 24.7 Å². The minimum absolute atomic E-state index is 0.517. The molecule has 0 radical (unpaired) electrons. The van der Waals surface area contributed by atoms with E-state index in [0.29, 0.717) is 39.6 Å². The normalized spacial score (nSPS) is 12.3. The molecular weight excluding hydrogens is 433 g/mol. The molecule has 0 aromatic carbocycles. The summed E-state index contributed by atoms with van der Waals surface area (Å²) in [7, 11) is -5.75. The van der Waals surface area contributed by atoms with Crippen molar-refractivity contribution in [1.82, 2.24) is 4.86 Å². The van der Waals surface area contributed by atoms with Crippen molar-refractivity contribution in [2.75, 3.05) is 39.6 Å². The molecule has 0 heterocycles. The molecule has 0 bridgehead atoms. The van der Waals surface area contributed by atoms with Crippen molar-refractivity contribution in [1.29, 1.82) is 0 Å². The summed E-state index contributed by atoms with van der Waals surface area (Å²) in [6, 6.07) is 0. The van der Waals surface area contributed by atoms with Gasteiger partial charge in [0.1, 0.15) is 0 Å². The van der Waals surface area contributed by atoms with Gasteiger partial charge in [0.2, 0.25) is 0 Å². The summed E-state index contributed by atoms with van der Waals surface area (Å²) in [6.07, 6.45) is 5.27. The van der Waals surface area contributed by atoms with Crippen molar-refractivity contribution < 1.29 is 27.1 Å². The van der Waals surface area contributed by atoms with E-state index in [4.69, 9.17) is 31.7 Å². The largest absolute Gasteiger partial charge is 0.322 e. The zero-order valence-corrected chi connectivity index (χ0v) is 21.9. The maximum Gasteiger partial charge on any atom is 0.313 e. The van der Waals surface area contributed by atoms with Crippen LogP contribution in [0.5, 0.6) is 0 Å². The van der Waals surface area contributed by atoms with Crippen LogP contribution in [0.2, 0.25) is 0 Å². The molecule has 0 aliphatic heterocycles. The zero-order chi connectivity index (χ0) is 21.8. The van der Waals surface area contributed by atoms with Gasteiger partial charge in [-0.25, -0.2) is 0 Å². The van der Waals surface area contributed by atoms with E-state index >= 15 is 0 Å². The lowest BCUT2D eigenvalue weighted by Crippen LogP contribution is -2.15. The molecule has 0 aliphatic carbocycles. The first-order valence-corrected chi connectivity index (χ1v) is 14.8. The van der Waals surface area contributed by atoms with Crippen molar-refractivity contribution in [2.45, 2.75) is 80.1 Å². The molecule has 0 aromatic rings. The summed E-state index contributed by atoms with van der Waals surface area (Å²) in [5, 5.41) is 0. The van der Waals surface area contributed by atoms with Gasteiger partial charge in [0.15, 0.2) is 0 Å². The molecule has 1 N–H and O–H groups in total. The Morgan fingerprint density at radius 3 is 1.34 bits per heavy atom. The van der Waals surface area contributed by atoms with E-state index in [2.05, 4.69) is 46.4 Å². The Labute approximate surface area is 181 Å². The average Bonchev–Trinajstić information content (AvgIpc) is 2.74. The number of rotatable bonds is 21. The quantitative estimate of drug-likeness (QED) is 0.171. The molecule has 11 heteroatoms. The van der Waals surface area contributed by atoms with Crippen LogP contribution in [0.25, 0.3) is 0 Å². The zero-order valence-electron chi connectivity index (χ0n) is 19.2. The molecule has 0 saturated heterocycles. The van der Waals surface area contributed by atoms with Gasteiger partial charge in [-0.15, -0.1) is 0 Å². The third-order valence-electron chi connectivity index (χ3n) is 2.98. The fraction of sp³-hybridized carbons (Fsp3) is 1.00. The predicted molar refractivity (Wildman–Crippen MR) is 124 cm³/mol. The number of nitrogens with one attached hydrogen (secondary N) is 1. The highest BCUT2D eigenvalue weighted by molar-refractivity contribution is 7.70. The Morgan fingerprint density at radius 2 is 0.966 bits per heavy atom. The molecule has 0 saturated carbocycles. The highest BCUT2D eigenvalue weighted by Crippen LogP contribution is 2.62. The van der Waals surface area contributed by atoms with Gasteiger partial charge < -0.3 is 27.1 Å². The fourth-order valence-corrected chi connectivity index (χ4v) is 7.99. The summed E-state index contributed by atoms with van der Waals surface area (Å²) >= 11 is 0. The molecule has 8 nitrogen and oxygen atoms in total. The smallest absolute Gasteiger partial charge is 0.313 e. The molecule has 0 fully saturated rings. The maximum atomic E-state index is 6.19. The molecule has 0 aromatic heterocycles. The Kier molecular flexibility index (Phi) is 21.3. The van der Waals surface area contributed by atoms with Crippen LogP contribution in [0.1, 0.15) is 80.1 Å². The summed E-state index contributed by atoms with van der Waals surface area (Å²) in [5.74, 6) is 0. The van der Waals surface area contributed by atoms with Crippen LogP contribution in [-0.4, -0.2) is 39.6 Å². The molecule has 176 valence electrons. The van der Waals surface area contributed by atoms with E-state index in [9.17, 15) is 0 Å². The topological polar surface area (TPSA) is 79.8 Å². The van der Waals surface area contributed by atoms with E-state index in [-0.39, 0.29) is 0 Å². The van der Waals surface area contributed by atoms with E-state index in [0.717, 1.165) is 38.5 Å². The third kappa shape index (κ3) is 15.3. The molecule has 0 spiro atoms. The average molecular weight is 476 g/mol. The molecule has 0 rings (SSSR count). The van der Waals surface area contributed by atoms with Gasteiger partial charge in [0, 0.05) is 0 Å². The molecule has 29 heavy (non-hydrogen) atoms. The van der Waals surface area contributed by atoms with Crippen LogP contribution in [0.15, 0.2) is 4.52 Å². The lowest BCUT2D eigenvalue weighted by Gasteiger charge is -2.29. The van der Waals surface area contributed by atoms with Gasteiger partial charge in [0.25, 0.3) is 8.53 Å². The second kappa shape index (κ2) is 20.7. The van der Waals surface area contributed by atoms with Gasteiger partial charge in [0.05, 0.1) is 39.6 Å². The second-order valence-electron chi connectivity index (χ2n) is 6.20. The van der Waals surface area contributed by atoms with Crippen molar-refractivity contribution in [3.05, 3.63) is 0 Å². The van der Waals surface area contributed by atoms with Gasteiger partial charge >= 0.3 is 16.2 Å². The minimum atomic E-state index is -2.87. The molecule has 0 unspecified atom stereocenters. The highest BCUT2D eigenvalue weighted by Gasteiger charge is 2.31. The highest BCUT2D eigenvalue weighted by atomic mass is 31.3. The monoisotopic (exact) mass is 476 g/mol. The molecule has 0 amide bonds. The third-order valence-corrected chi connectivity index (χ3v) is 8.87. The number of hydrogen-bond acceptors (Lipinski definition) is 7. The lowest BCUT2D eigenvalue weighted by atomic mass is 10.5. The Hall–Kier alpha value is 0.810. The van der Waals surface area contributed by atoms with Gasteiger partial charge in [-0.3, -0.25) is 0 Å². The van der Waals surface area contributed by atoms with Crippen molar-refractivity contribution in [2.24, 2.45) is 4.52 Å². The number of nitrogens with zero attached hydrogens (tertiary/aromatic N) is 1. The van der Waals surface area contributed by atoms with Crippen LogP contribution in [0, 0.1) is 0 Å². The number of hydrogen-bond donors (Lipinski definition) is 1. The lowest BCUT2D eigenvalue weighted by molar-refractivity contribution is 0.220. The summed E-state index contributed by atoms with van der Waals surface area (Å²) in [5.41, 5.74) is 0. The van der Waals surface area contributed by atoms with Crippen LogP contribution >= 0.6 is 24.7 Å². The van der Waals surface area contributed by atoms with Crippen LogP contribution in [-0.2, 0) is 27.1 Å². The predicted octanol–water partition coefficient (Wildman–Crippen LogP) is 7.54. The molecule has 0 atom stereocenters. The molecular formula is C18H43N2O6P3. The summed E-state index contributed by atoms with van der Waals surface area (Å²) in [4.78, 5) is 3.37. The second-order valence-corrected chi connectivity index (χ2v) is 11.3. The SMILES string of the molecule is CCCOP(N=P(NP(OCCC)OCCC)(OCCC)OCCC)OCCC. The van der Waals surface area contributed by atoms with E-state index in [1.54, 1.807) is 0 Å². The first-order valence-electron chi connectivity index (χ1n) is 10.9. The van der Waals surface area contributed by atoms with Crippen molar-refractivity contribution in [3.8, 4) is 0 Å². The van der Waals surface area contributed by atoms with Crippen LogP contribution < -0.4 is 4.86 Å². The minimum Gasteiger partial charge on any atom is -0.322 e. The Balaban J connectivity index is 5.77. The first-order chi connectivity index (χ1) is 14.1. The van der Waals surface area contributed by atoms with Crippen LogP contribution in [0.4, 0.5) is 0 Å². The molecule has 0 aliphatic rings. The van der Waals surface area contributed by atoms with E-state index in [1.807, 2.05) is 0 Å². The van der Waals surface area contributed by atoms with Crippen molar-refractivity contribution in [3.63, 3.8) is 0 Å². The van der Waals surface area contributed by atoms with Gasteiger partial charge in [-0.2, -0.15) is 9.37 Å². The standard InChI is InChI=1S/C18H43N2O6P3/c1-7-13-21-27(22-14-8-2)19-29(25-17-11-5,26-18-12-6)20-28(23-15-9-3)24-16-10-4/h19H,7-18H2,1-6H3. The Bertz CT molecular complexity index is 393. The maximum absolute atomic E-state index is 6.19. The Morgan fingerprint density at radius 1 is 0.586 bits per heavy atom. The first kappa shape index (κ1) is 29.8. The summed E-state index contributed by atoms with van der Waals surface area (Å²) < 4.78 is 40.8. The van der Waals surface area contributed by atoms with E-state index in [1.165, 1.54) is 0 Å². The summed E-state index contributed by atoms with van der Waals surface area (Å²) in [6.45, 7) is 15.8.